The van der Waals surface area contributed by atoms with Crippen LogP contribution in [0.4, 0.5) is 0 Å². The lowest BCUT2D eigenvalue weighted by atomic mass is 9.83. The van der Waals surface area contributed by atoms with Crippen molar-refractivity contribution in [3.63, 3.8) is 0 Å². The Morgan fingerprint density at radius 2 is 1.90 bits per heavy atom. The first-order chi connectivity index (χ1) is 9.36. The van der Waals surface area contributed by atoms with E-state index in [0.29, 0.717) is 0 Å². The van der Waals surface area contributed by atoms with Gasteiger partial charge in [0, 0.05) is 15.6 Å². The van der Waals surface area contributed by atoms with Gasteiger partial charge in [-0.1, -0.05) is 37.0 Å². The van der Waals surface area contributed by atoms with Gasteiger partial charge in [0.1, 0.15) is 0 Å². The Kier molecular flexibility index (Phi) is 6.80. The monoisotopic (exact) mass is 316 g/mol. The van der Waals surface area contributed by atoms with Crippen LogP contribution in [0.5, 0.6) is 0 Å². The topological polar surface area (TPSA) is 15.3 Å². The lowest BCUT2D eigenvalue weighted by Crippen LogP contribution is -2.51. The molecule has 2 nitrogen and oxygen atoms in total. The van der Waals surface area contributed by atoms with E-state index in [-0.39, 0.29) is 11.6 Å². The summed E-state index contributed by atoms with van der Waals surface area (Å²) in [6.45, 7) is 7.59. The Balaban J connectivity index is 3.27. The Bertz CT molecular complexity index is 434. The zero-order valence-corrected chi connectivity index (χ0v) is 14.6. The largest absolute Gasteiger partial charge is 0.308 e. The highest BCUT2D eigenvalue weighted by atomic mass is 35.5. The maximum absolute atomic E-state index is 6.42. The molecule has 20 heavy (non-hydrogen) atoms. The van der Waals surface area contributed by atoms with Crippen LogP contribution in [-0.4, -0.2) is 31.1 Å². The van der Waals surface area contributed by atoms with E-state index in [0.717, 1.165) is 35.0 Å². The van der Waals surface area contributed by atoms with Gasteiger partial charge in [-0.3, -0.25) is 0 Å². The molecule has 0 heterocycles. The molecule has 0 radical (unpaired) electrons. The van der Waals surface area contributed by atoms with Crippen molar-refractivity contribution in [1.29, 1.82) is 0 Å². The van der Waals surface area contributed by atoms with Gasteiger partial charge in [0.2, 0.25) is 0 Å². The van der Waals surface area contributed by atoms with Crippen LogP contribution >= 0.6 is 23.2 Å². The summed E-state index contributed by atoms with van der Waals surface area (Å²) in [5, 5.41) is 5.14. The summed E-state index contributed by atoms with van der Waals surface area (Å²) in [5.74, 6) is 0. The van der Waals surface area contributed by atoms with Crippen LogP contribution in [0.15, 0.2) is 18.2 Å². The van der Waals surface area contributed by atoms with Crippen molar-refractivity contribution in [2.45, 2.75) is 45.2 Å². The third kappa shape index (κ3) is 3.88. The maximum atomic E-state index is 6.42. The molecule has 1 N–H and O–H groups in total. The highest BCUT2D eigenvalue weighted by Gasteiger charge is 2.36. The van der Waals surface area contributed by atoms with Crippen LogP contribution in [0, 0.1) is 0 Å². The van der Waals surface area contributed by atoms with Gasteiger partial charge >= 0.3 is 0 Å². The lowest BCUT2D eigenvalue weighted by molar-refractivity contribution is 0.113. The fourth-order valence-electron chi connectivity index (χ4n) is 2.47. The molecule has 2 atom stereocenters. The smallest absolute Gasteiger partial charge is 0.0519 e. The van der Waals surface area contributed by atoms with Crippen LogP contribution in [-0.2, 0) is 0 Å². The normalized spacial score (nSPS) is 16.2. The molecule has 4 heteroatoms. The van der Waals surface area contributed by atoms with E-state index >= 15 is 0 Å². The van der Waals surface area contributed by atoms with E-state index in [9.17, 15) is 0 Å². The molecule has 0 fully saturated rings. The molecule has 0 saturated heterocycles. The van der Waals surface area contributed by atoms with Crippen LogP contribution in [0.1, 0.15) is 45.2 Å². The summed E-state index contributed by atoms with van der Waals surface area (Å²) in [6.07, 6.45) is 2.10. The first kappa shape index (κ1) is 17.8. The van der Waals surface area contributed by atoms with Crippen LogP contribution in [0.2, 0.25) is 10.0 Å². The highest BCUT2D eigenvalue weighted by molar-refractivity contribution is 6.33. The highest BCUT2D eigenvalue weighted by Crippen LogP contribution is 2.37. The molecule has 0 aliphatic rings. The minimum Gasteiger partial charge on any atom is -0.308 e. The molecule has 1 aromatic rings. The van der Waals surface area contributed by atoms with Crippen molar-refractivity contribution < 1.29 is 0 Å². The summed E-state index contributed by atoms with van der Waals surface area (Å²) in [7, 11) is 4.23. The van der Waals surface area contributed by atoms with Gasteiger partial charge in [-0.2, -0.15) is 0 Å². The molecule has 2 unspecified atom stereocenters. The number of nitrogens with zero attached hydrogens (tertiary/aromatic N) is 1. The van der Waals surface area contributed by atoms with Crippen LogP contribution in [0.25, 0.3) is 0 Å². The molecule has 114 valence electrons. The van der Waals surface area contributed by atoms with Gasteiger partial charge < -0.3 is 10.2 Å². The SMILES string of the molecule is CCCNC(c1cc(Cl)ccc1Cl)C(C)(CC)N(C)C. The molecule has 0 aromatic heterocycles. The second kappa shape index (κ2) is 7.65. The van der Waals surface area contributed by atoms with E-state index in [1.807, 2.05) is 18.2 Å². The lowest BCUT2D eigenvalue weighted by Gasteiger charge is -2.43. The van der Waals surface area contributed by atoms with Gasteiger partial charge in [0.05, 0.1) is 6.04 Å². The minimum absolute atomic E-state index is 0.0243. The predicted molar refractivity (Wildman–Crippen MR) is 89.9 cm³/mol. The van der Waals surface area contributed by atoms with Crippen LogP contribution in [0.3, 0.4) is 0 Å². The number of hydrogen-bond acceptors (Lipinski definition) is 2. The van der Waals surface area contributed by atoms with E-state index in [1.54, 1.807) is 0 Å². The molecule has 0 aliphatic heterocycles. The van der Waals surface area contributed by atoms with Gasteiger partial charge in [-0.25, -0.2) is 0 Å². The molecular weight excluding hydrogens is 291 g/mol. The van der Waals surface area contributed by atoms with Crippen molar-refractivity contribution >= 4 is 23.2 Å². The standard InChI is InChI=1S/C16H26Cl2N2/c1-6-10-19-15(16(3,7-2)20(4)5)13-11-12(17)8-9-14(13)18/h8-9,11,15,19H,6-7,10H2,1-5H3. The average Bonchev–Trinajstić information content (AvgIpc) is 2.42. The summed E-state index contributed by atoms with van der Waals surface area (Å²) < 4.78 is 0. The first-order valence-electron chi connectivity index (χ1n) is 7.22. The van der Waals surface area contributed by atoms with Gasteiger partial charge in [0.25, 0.3) is 0 Å². The molecular formula is C16H26Cl2N2. The molecule has 0 saturated carbocycles. The summed E-state index contributed by atoms with van der Waals surface area (Å²) in [4.78, 5) is 2.26. The second-order valence-electron chi connectivity index (χ2n) is 5.66. The minimum atomic E-state index is -0.0243. The molecule has 0 spiro atoms. The number of halogens is 2. The van der Waals surface area contributed by atoms with Gasteiger partial charge in [-0.15, -0.1) is 0 Å². The number of likely N-dealkylation sites (N-methyl/N-ethyl adjacent to an activating group) is 1. The number of benzene rings is 1. The first-order valence-corrected chi connectivity index (χ1v) is 7.98. The molecule has 0 aliphatic carbocycles. The Labute approximate surface area is 133 Å². The zero-order chi connectivity index (χ0) is 15.3. The summed E-state index contributed by atoms with van der Waals surface area (Å²) in [6, 6.07) is 5.84. The molecule has 1 rings (SSSR count). The second-order valence-corrected chi connectivity index (χ2v) is 6.50. The number of nitrogens with one attached hydrogen (secondary N) is 1. The average molecular weight is 317 g/mol. The van der Waals surface area contributed by atoms with Crippen molar-refractivity contribution in [2.24, 2.45) is 0 Å². The van der Waals surface area contributed by atoms with Gasteiger partial charge in [0.15, 0.2) is 0 Å². The quantitative estimate of drug-likeness (QED) is 0.779. The Hall–Kier alpha value is -0.280. The summed E-state index contributed by atoms with van der Waals surface area (Å²) >= 11 is 12.6. The Morgan fingerprint density at radius 1 is 1.25 bits per heavy atom. The Morgan fingerprint density at radius 3 is 2.40 bits per heavy atom. The van der Waals surface area contributed by atoms with Crippen molar-refractivity contribution in [3.05, 3.63) is 33.8 Å². The predicted octanol–water partition coefficient (Wildman–Crippen LogP) is 4.76. The van der Waals surface area contributed by atoms with Crippen molar-refractivity contribution in [1.82, 2.24) is 10.2 Å². The third-order valence-corrected chi connectivity index (χ3v) is 4.81. The maximum Gasteiger partial charge on any atom is 0.0519 e. The van der Waals surface area contributed by atoms with E-state index in [1.165, 1.54) is 0 Å². The van der Waals surface area contributed by atoms with Crippen LogP contribution < -0.4 is 5.32 Å². The van der Waals surface area contributed by atoms with Gasteiger partial charge in [-0.05, 0) is 64.2 Å². The van der Waals surface area contributed by atoms with E-state index in [4.69, 9.17) is 23.2 Å². The zero-order valence-electron chi connectivity index (χ0n) is 13.1. The fraction of sp³-hybridized carbons (Fsp3) is 0.625. The molecule has 1 aromatic carbocycles. The van der Waals surface area contributed by atoms with Crippen molar-refractivity contribution in [2.75, 3.05) is 20.6 Å². The van der Waals surface area contributed by atoms with Crippen molar-refractivity contribution in [3.8, 4) is 0 Å². The molecule has 0 amide bonds. The number of hydrogen-bond donors (Lipinski definition) is 1. The summed E-state index contributed by atoms with van der Waals surface area (Å²) in [5.41, 5.74) is 1.05. The van der Waals surface area contributed by atoms with E-state index in [2.05, 4.69) is 45.1 Å². The molecule has 0 bridgehead atoms. The van der Waals surface area contributed by atoms with E-state index < -0.39 is 0 Å². The fourth-order valence-corrected chi connectivity index (χ4v) is 2.88. The third-order valence-electron chi connectivity index (χ3n) is 4.23. The number of rotatable bonds is 7.